The van der Waals surface area contributed by atoms with Gasteiger partial charge >= 0.3 is 5.97 Å². The Hall–Kier alpha value is -3.93. The predicted octanol–water partition coefficient (Wildman–Crippen LogP) is 4.03. The number of hydrogen-bond donors (Lipinski definition) is 1. The lowest BCUT2D eigenvalue weighted by Crippen LogP contribution is -2.34. The Morgan fingerprint density at radius 2 is 1.39 bits per heavy atom. The first kappa shape index (κ1) is 21.8. The molecule has 0 aliphatic heterocycles. The van der Waals surface area contributed by atoms with E-state index in [1.165, 1.54) is 13.0 Å². The smallest absolute Gasteiger partial charge is 0.338 e. The van der Waals surface area contributed by atoms with Crippen molar-refractivity contribution in [3.05, 3.63) is 102 Å². The number of amides is 2. The third-order valence-corrected chi connectivity index (χ3v) is 4.53. The molecule has 31 heavy (non-hydrogen) atoms. The molecule has 0 aliphatic carbocycles. The molecule has 6 nitrogen and oxygen atoms in total. The number of carbonyl (C=O) groups is 3. The van der Waals surface area contributed by atoms with Crippen LogP contribution < -0.4 is 5.32 Å². The molecule has 3 rings (SSSR count). The first-order valence-corrected chi connectivity index (χ1v) is 9.91. The van der Waals surface area contributed by atoms with Gasteiger partial charge in [0.05, 0.1) is 5.56 Å². The summed E-state index contributed by atoms with van der Waals surface area (Å²) in [4.78, 5) is 38.2. The third-order valence-electron chi connectivity index (χ3n) is 4.53. The van der Waals surface area contributed by atoms with Crippen molar-refractivity contribution < 1.29 is 19.1 Å². The van der Waals surface area contributed by atoms with Gasteiger partial charge in [0.15, 0.2) is 6.61 Å². The molecule has 0 atom stereocenters. The van der Waals surface area contributed by atoms with Crippen molar-refractivity contribution in [1.82, 2.24) is 4.90 Å². The first-order chi connectivity index (χ1) is 15.0. The van der Waals surface area contributed by atoms with Gasteiger partial charge < -0.3 is 15.0 Å². The van der Waals surface area contributed by atoms with Crippen LogP contribution in [-0.2, 0) is 27.4 Å². The minimum Gasteiger partial charge on any atom is -0.452 e. The number of hydrogen-bond acceptors (Lipinski definition) is 4. The number of nitrogens with one attached hydrogen (secondary N) is 1. The van der Waals surface area contributed by atoms with Crippen LogP contribution in [0.4, 0.5) is 5.69 Å². The summed E-state index contributed by atoms with van der Waals surface area (Å²) in [5, 5.41) is 2.62. The minimum atomic E-state index is -0.625. The van der Waals surface area contributed by atoms with Crippen LogP contribution in [0.15, 0.2) is 84.9 Å². The summed E-state index contributed by atoms with van der Waals surface area (Å²) in [6, 6.07) is 25.7. The molecule has 0 aliphatic rings. The number of benzene rings is 3. The highest BCUT2D eigenvalue weighted by Gasteiger charge is 2.18. The van der Waals surface area contributed by atoms with Gasteiger partial charge in [-0.05, 0) is 29.3 Å². The topological polar surface area (TPSA) is 75.7 Å². The molecule has 0 radical (unpaired) electrons. The highest BCUT2D eigenvalue weighted by molar-refractivity contribution is 5.94. The van der Waals surface area contributed by atoms with Crippen molar-refractivity contribution in [2.75, 3.05) is 11.9 Å². The van der Waals surface area contributed by atoms with Gasteiger partial charge in [-0.3, -0.25) is 9.59 Å². The zero-order valence-electron chi connectivity index (χ0n) is 17.3. The SMILES string of the molecule is CC(=O)Nc1cccc(C(=O)OCC(=O)N(Cc2ccccc2)Cc2ccccc2)c1. The Labute approximate surface area is 181 Å². The van der Waals surface area contributed by atoms with Crippen LogP contribution in [-0.4, -0.2) is 29.3 Å². The second-order valence-electron chi connectivity index (χ2n) is 7.06. The zero-order chi connectivity index (χ0) is 22.1. The van der Waals surface area contributed by atoms with Crippen LogP contribution in [0.3, 0.4) is 0 Å². The second kappa shape index (κ2) is 10.7. The molecule has 0 bridgehead atoms. The summed E-state index contributed by atoms with van der Waals surface area (Å²) in [5.74, 6) is -1.16. The fourth-order valence-electron chi connectivity index (χ4n) is 3.07. The van der Waals surface area contributed by atoms with Crippen LogP contribution in [0.25, 0.3) is 0 Å². The number of rotatable bonds is 8. The maximum Gasteiger partial charge on any atom is 0.338 e. The maximum atomic E-state index is 12.9. The van der Waals surface area contributed by atoms with Gasteiger partial charge in [-0.15, -0.1) is 0 Å². The van der Waals surface area contributed by atoms with E-state index in [0.29, 0.717) is 18.8 Å². The van der Waals surface area contributed by atoms with Gasteiger partial charge in [0.25, 0.3) is 5.91 Å². The van der Waals surface area contributed by atoms with E-state index in [1.54, 1.807) is 23.1 Å². The van der Waals surface area contributed by atoms with Crippen molar-refractivity contribution >= 4 is 23.5 Å². The fraction of sp³-hybridized carbons (Fsp3) is 0.160. The molecular formula is C25H24N2O4. The van der Waals surface area contributed by atoms with Crippen molar-refractivity contribution in [2.24, 2.45) is 0 Å². The van der Waals surface area contributed by atoms with Crippen LogP contribution in [0, 0.1) is 0 Å². The molecule has 1 N–H and O–H groups in total. The Kier molecular flexibility index (Phi) is 7.54. The molecule has 0 fully saturated rings. The fourth-order valence-corrected chi connectivity index (χ4v) is 3.07. The lowest BCUT2D eigenvalue weighted by atomic mass is 10.1. The lowest BCUT2D eigenvalue weighted by molar-refractivity contribution is -0.135. The van der Waals surface area contributed by atoms with Gasteiger partial charge in [0.1, 0.15) is 0 Å². The molecule has 6 heteroatoms. The van der Waals surface area contributed by atoms with Gasteiger partial charge in [-0.25, -0.2) is 4.79 Å². The van der Waals surface area contributed by atoms with Gasteiger partial charge in [0.2, 0.25) is 5.91 Å². The molecule has 3 aromatic carbocycles. The van der Waals surface area contributed by atoms with Crippen LogP contribution in [0.5, 0.6) is 0 Å². The van der Waals surface area contributed by atoms with Gasteiger partial charge in [-0.2, -0.15) is 0 Å². The zero-order valence-corrected chi connectivity index (χ0v) is 17.3. The molecule has 0 heterocycles. The normalized spacial score (nSPS) is 10.2. The van der Waals surface area contributed by atoms with Crippen LogP contribution >= 0.6 is 0 Å². The number of ether oxygens (including phenoxy) is 1. The first-order valence-electron chi connectivity index (χ1n) is 9.91. The third kappa shape index (κ3) is 6.82. The Morgan fingerprint density at radius 1 is 0.806 bits per heavy atom. The molecule has 0 spiro atoms. The van der Waals surface area contributed by atoms with E-state index < -0.39 is 5.97 Å². The summed E-state index contributed by atoms with van der Waals surface area (Å²) in [7, 11) is 0. The van der Waals surface area contributed by atoms with Crippen LogP contribution in [0.1, 0.15) is 28.4 Å². The average Bonchev–Trinajstić information content (AvgIpc) is 2.78. The van der Waals surface area contributed by atoms with Crippen molar-refractivity contribution in [3.63, 3.8) is 0 Å². The van der Waals surface area contributed by atoms with E-state index in [-0.39, 0.29) is 24.0 Å². The van der Waals surface area contributed by atoms with E-state index in [2.05, 4.69) is 5.32 Å². The molecular weight excluding hydrogens is 392 g/mol. The number of nitrogens with zero attached hydrogens (tertiary/aromatic N) is 1. The summed E-state index contributed by atoms with van der Waals surface area (Å²) >= 11 is 0. The van der Waals surface area contributed by atoms with Gasteiger partial charge in [0, 0.05) is 25.7 Å². The largest absolute Gasteiger partial charge is 0.452 e. The summed E-state index contributed by atoms with van der Waals surface area (Å²) < 4.78 is 5.26. The Morgan fingerprint density at radius 3 is 1.94 bits per heavy atom. The molecule has 3 aromatic rings. The quantitative estimate of drug-likeness (QED) is 0.563. The van der Waals surface area contributed by atoms with E-state index >= 15 is 0 Å². The molecule has 158 valence electrons. The number of esters is 1. The summed E-state index contributed by atoms with van der Waals surface area (Å²) in [6.07, 6.45) is 0. The highest BCUT2D eigenvalue weighted by Crippen LogP contribution is 2.13. The number of carbonyl (C=O) groups excluding carboxylic acids is 3. The van der Waals surface area contributed by atoms with Crippen molar-refractivity contribution in [3.8, 4) is 0 Å². The monoisotopic (exact) mass is 416 g/mol. The molecule has 0 saturated heterocycles. The average molecular weight is 416 g/mol. The standard InChI is InChI=1S/C25H24N2O4/c1-19(28)26-23-14-8-13-22(15-23)25(30)31-18-24(29)27(16-20-9-4-2-5-10-20)17-21-11-6-3-7-12-21/h2-15H,16-18H2,1H3,(H,26,28). The predicted molar refractivity (Wildman–Crippen MR) is 118 cm³/mol. The molecule has 0 aromatic heterocycles. The van der Waals surface area contributed by atoms with Gasteiger partial charge in [-0.1, -0.05) is 66.7 Å². The maximum absolute atomic E-state index is 12.9. The molecule has 2 amide bonds. The molecule has 0 unspecified atom stereocenters. The summed E-state index contributed by atoms with van der Waals surface area (Å²) in [5.41, 5.74) is 2.72. The van der Waals surface area contributed by atoms with E-state index in [9.17, 15) is 14.4 Å². The van der Waals surface area contributed by atoms with E-state index in [1.807, 2.05) is 60.7 Å². The Bertz CT molecular complexity index is 994. The van der Waals surface area contributed by atoms with E-state index in [4.69, 9.17) is 4.74 Å². The van der Waals surface area contributed by atoms with Crippen LogP contribution in [0.2, 0.25) is 0 Å². The molecule has 0 saturated carbocycles. The summed E-state index contributed by atoms with van der Waals surface area (Å²) in [6.45, 7) is 1.83. The highest BCUT2D eigenvalue weighted by atomic mass is 16.5. The van der Waals surface area contributed by atoms with Crippen molar-refractivity contribution in [1.29, 1.82) is 0 Å². The number of anilines is 1. The van der Waals surface area contributed by atoms with Crippen molar-refractivity contribution in [2.45, 2.75) is 20.0 Å². The lowest BCUT2D eigenvalue weighted by Gasteiger charge is -2.23. The Balaban J connectivity index is 1.66. The van der Waals surface area contributed by atoms with E-state index in [0.717, 1.165) is 11.1 Å². The second-order valence-corrected chi connectivity index (χ2v) is 7.06. The minimum absolute atomic E-state index is 0.238.